The Morgan fingerprint density at radius 2 is 2.07 bits per heavy atom. The summed E-state index contributed by atoms with van der Waals surface area (Å²) in [6.45, 7) is 1.66. The summed E-state index contributed by atoms with van der Waals surface area (Å²) < 4.78 is 0. The molecule has 0 bridgehead atoms. The number of carbonyl (C=O) groups excluding carboxylic acids is 1. The molecule has 0 saturated heterocycles. The highest BCUT2D eigenvalue weighted by atomic mass is 16.1. The van der Waals surface area contributed by atoms with Crippen LogP contribution in [0.3, 0.4) is 0 Å². The van der Waals surface area contributed by atoms with Crippen LogP contribution in [-0.4, -0.2) is 5.78 Å². The average Bonchev–Trinajstić information content (AvgIpc) is 2.29. The maximum Gasteiger partial charge on any atom is 0.149 e. The van der Waals surface area contributed by atoms with E-state index in [9.17, 15) is 4.79 Å². The Labute approximate surface area is 90.5 Å². The molecule has 15 heavy (non-hydrogen) atoms. The molecule has 78 valence electrons. The van der Waals surface area contributed by atoms with E-state index < -0.39 is 5.92 Å². The van der Waals surface area contributed by atoms with Crippen LogP contribution in [0.4, 0.5) is 0 Å². The van der Waals surface area contributed by atoms with Gasteiger partial charge in [0, 0.05) is 6.42 Å². The van der Waals surface area contributed by atoms with Crippen LogP contribution in [0.2, 0.25) is 0 Å². The molecule has 1 rings (SSSR count). The molecule has 2 heteroatoms. The van der Waals surface area contributed by atoms with Gasteiger partial charge >= 0.3 is 0 Å². The normalized spacial score (nSPS) is 11.7. The number of nitrogens with zero attached hydrogens (tertiary/aromatic N) is 1. The van der Waals surface area contributed by atoms with Crippen LogP contribution in [0.15, 0.2) is 30.3 Å². The van der Waals surface area contributed by atoms with Gasteiger partial charge in [-0.2, -0.15) is 5.26 Å². The molecule has 0 amide bonds. The summed E-state index contributed by atoms with van der Waals surface area (Å²) in [6, 6.07) is 12.0. The Morgan fingerprint density at radius 1 is 1.40 bits per heavy atom. The molecular weight excluding hydrogens is 186 g/mol. The third kappa shape index (κ3) is 3.95. The predicted molar refractivity (Wildman–Crippen MR) is 59.2 cm³/mol. The minimum Gasteiger partial charge on any atom is -0.298 e. The van der Waals surface area contributed by atoms with E-state index in [0.29, 0.717) is 6.42 Å². The van der Waals surface area contributed by atoms with Crippen molar-refractivity contribution in [2.75, 3.05) is 0 Å². The first-order valence-electron chi connectivity index (χ1n) is 5.20. The third-order valence-corrected chi connectivity index (χ3v) is 2.41. The highest BCUT2D eigenvalue weighted by molar-refractivity contribution is 5.82. The van der Waals surface area contributed by atoms with E-state index in [0.717, 1.165) is 12.8 Å². The minimum atomic E-state index is -0.458. The first-order chi connectivity index (χ1) is 7.24. The number of rotatable bonds is 5. The molecule has 0 aliphatic carbocycles. The van der Waals surface area contributed by atoms with Crippen molar-refractivity contribution in [1.29, 1.82) is 5.26 Å². The van der Waals surface area contributed by atoms with Crippen LogP contribution in [-0.2, 0) is 11.2 Å². The molecule has 0 spiro atoms. The first kappa shape index (κ1) is 11.5. The van der Waals surface area contributed by atoms with Gasteiger partial charge in [-0.1, -0.05) is 30.3 Å². The van der Waals surface area contributed by atoms with Crippen LogP contribution in [0.25, 0.3) is 0 Å². The van der Waals surface area contributed by atoms with E-state index in [1.165, 1.54) is 5.56 Å². The molecular formula is C13H15NO. The SMILES string of the molecule is CC(C#N)C(=O)CCCc1ccccc1. The fourth-order valence-corrected chi connectivity index (χ4v) is 1.40. The van der Waals surface area contributed by atoms with E-state index in [2.05, 4.69) is 12.1 Å². The van der Waals surface area contributed by atoms with Crippen LogP contribution >= 0.6 is 0 Å². The molecule has 0 fully saturated rings. The molecule has 0 aliphatic heterocycles. The zero-order valence-electron chi connectivity index (χ0n) is 8.94. The van der Waals surface area contributed by atoms with Gasteiger partial charge in [-0.05, 0) is 25.3 Å². The van der Waals surface area contributed by atoms with Gasteiger partial charge in [0.25, 0.3) is 0 Å². The molecule has 1 unspecified atom stereocenters. The van der Waals surface area contributed by atoms with Crippen molar-refractivity contribution in [1.82, 2.24) is 0 Å². The molecule has 1 atom stereocenters. The lowest BCUT2D eigenvalue weighted by atomic mass is 10.0. The zero-order chi connectivity index (χ0) is 11.1. The van der Waals surface area contributed by atoms with Crippen LogP contribution in [0.1, 0.15) is 25.3 Å². The molecule has 0 aromatic heterocycles. The number of benzene rings is 1. The summed E-state index contributed by atoms with van der Waals surface area (Å²) in [5, 5.41) is 8.55. The van der Waals surface area contributed by atoms with E-state index in [1.54, 1.807) is 6.92 Å². The van der Waals surface area contributed by atoms with Crippen molar-refractivity contribution < 1.29 is 4.79 Å². The van der Waals surface area contributed by atoms with Gasteiger partial charge in [-0.3, -0.25) is 4.79 Å². The average molecular weight is 201 g/mol. The molecule has 0 radical (unpaired) electrons. The van der Waals surface area contributed by atoms with Crippen molar-refractivity contribution in [2.24, 2.45) is 5.92 Å². The van der Waals surface area contributed by atoms with E-state index in [-0.39, 0.29) is 5.78 Å². The molecule has 0 N–H and O–H groups in total. The molecule has 1 aromatic carbocycles. The number of hydrogen-bond donors (Lipinski definition) is 0. The lowest BCUT2D eigenvalue weighted by Gasteiger charge is -2.02. The number of ketones is 1. The van der Waals surface area contributed by atoms with Gasteiger partial charge in [0.15, 0.2) is 0 Å². The van der Waals surface area contributed by atoms with Crippen molar-refractivity contribution in [3.05, 3.63) is 35.9 Å². The van der Waals surface area contributed by atoms with Crippen molar-refractivity contribution in [3.63, 3.8) is 0 Å². The van der Waals surface area contributed by atoms with Crippen molar-refractivity contribution in [2.45, 2.75) is 26.2 Å². The monoisotopic (exact) mass is 201 g/mol. The number of hydrogen-bond acceptors (Lipinski definition) is 2. The Morgan fingerprint density at radius 3 is 2.67 bits per heavy atom. The number of nitriles is 1. The summed E-state index contributed by atoms with van der Waals surface area (Å²) >= 11 is 0. The largest absolute Gasteiger partial charge is 0.298 e. The highest BCUT2D eigenvalue weighted by Crippen LogP contribution is 2.07. The maximum absolute atomic E-state index is 11.3. The van der Waals surface area contributed by atoms with E-state index >= 15 is 0 Å². The Bertz CT molecular complexity index is 351. The second-order valence-corrected chi connectivity index (χ2v) is 3.66. The number of Topliss-reactive ketones (excluding diaryl/α,β-unsaturated/α-hetero) is 1. The lowest BCUT2D eigenvalue weighted by molar-refractivity contribution is -0.120. The smallest absolute Gasteiger partial charge is 0.149 e. The Kier molecular flexibility index (Phi) is 4.56. The van der Waals surface area contributed by atoms with Crippen LogP contribution in [0.5, 0.6) is 0 Å². The van der Waals surface area contributed by atoms with Gasteiger partial charge in [0.05, 0.1) is 6.07 Å². The first-order valence-corrected chi connectivity index (χ1v) is 5.20. The molecule has 0 aliphatic rings. The van der Waals surface area contributed by atoms with Crippen LogP contribution < -0.4 is 0 Å². The fraction of sp³-hybridized carbons (Fsp3) is 0.385. The van der Waals surface area contributed by atoms with E-state index in [1.807, 2.05) is 24.3 Å². The second-order valence-electron chi connectivity index (χ2n) is 3.66. The van der Waals surface area contributed by atoms with Crippen molar-refractivity contribution in [3.8, 4) is 6.07 Å². The van der Waals surface area contributed by atoms with Crippen LogP contribution in [0, 0.1) is 17.2 Å². The summed E-state index contributed by atoms with van der Waals surface area (Å²) in [4.78, 5) is 11.3. The zero-order valence-corrected chi connectivity index (χ0v) is 8.94. The molecule has 0 saturated carbocycles. The number of aryl methyl sites for hydroxylation is 1. The topological polar surface area (TPSA) is 40.9 Å². The minimum absolute atomic E-state index is 0.0495. The second kappa shape index (κ2) is 5.98. The van der Waals surface area contributed by atoms with Gasteiger partial charge < -0.3 is 0 Å². The van der Waals surface area contributed by atoms with Gasteiger partial charge in [-0.25, -0.2) is 0 Å². The fourth-order valence-electron chi connectivity index (χ4n) is 1.40. The summed E-state index contributed by atoms with van der Waals surface area (Å²) in [5.74, 6) is -0.408. The van der Waals surface area contributed by atoms with Gasteiger partial charge in [0.2, 0.25) is 0 Å². The van der Waals surface area contributed by atoms with E-state index in [4.69, 9.17) is 5.26 Å². The Balaban J connectivity index is 2.29. The standard InChI is InChI=1S/C13H15NO/c1-11(10-14)13(15)9-5-8-12-6-3-2-4-7-12/h2-4,6-7,11H,5,8-9H2,1H3. The van der Waals surface area contributed by atoms with Crippen molar-refractivity contribution >= 4 is 5.78 Å². The Hall–Kier alpha value is -1.62. The summed E-state index contributed by atoms with van der Waals surface area (Å²) in [7, 11) is 0. The summed E-state index contributed by atoms with van der Waals surface area (Å²) in [6.07, 6.45) is 2.24. The van der Waals surface area contributed by atoms with Gasteiger partial charge in [-0.15, -0.1) is 0 Å². The predicted octanol–water partition coefficient (Wildman–Crippen LogP) is 2.74. The molecule has 0 heterocycles. The highest BCUT2D eigenvalue weighted by Gasteiger charge is 2.10. The number of carbonyl (C=O) groups is 1. The molecule has 2 nitrogen and oxygen atoms in total. The van der Waals surface area contributed by atoms with Gasteiger partial charge in [0.1, 0.15) is 11.7 Å². The quantitative estimate of drug-likeness (QED) is 0.735. The third-order valence-electron chi connectivity index (χ3n) is 2.41. The lowest BCUT2D eigenvalue weighted by Crippen LogP contribution is -2.08. The summed E-state index contributed by atoms with van der Waals surface area (Å²) in [5.41, 5.74) is 1.25. The molecule has 1 aromatic rings. The maximum atomic E-state index is 11.3.